The zero-order chi connectivity index (χ0) is 14.5. The van der Waals surface area contributed by atoms with Crippen LogP contribution < -0.4 is 5.73 Å². The largest absolute Gasteiger partial charge is 0.465 e. The summed E-state index contributed by atoms with van der Waals surface area (Å²) in [5, 5.41) is 0. The number of benzene rings is 1. The highest BCUT2D eigenvalue weighted by Gasteiger charge is 2.17. The minimum Gasteiger partial charge on any atom is -0.465 e. The van der Waals surface area contributed by atoms with Crippen molar-refractivity contribution in [3.05, 3.63) is 53.0 Å². The molecular weight excluding hydrogens is 254 g/mol. The van der Waals surface area contributed by atoms with Gasteiger partial charge in [-0.15, -0.1) is 0 Å². The fraction of sp³-hybridized carbons (Fsp3) is 0.267. The third kappa shape index (κ3) is 3.12. The average Bonchev–Trinajstić information content (AvgIpc) is 2.45. The van der Waals surface area contributed by atoms with Gasteiger partial charge in [0.1, 0.15) is 17.2 Å². The second-order valence-electron chi connectivity index (χ2n) is 4.46. The Bertz CT molecular complexity index is 589. The fourth-order valence-electron chi connectivity index (χ4n) is 2.02. The lowest BCUT2D eigenvalue weighted by Crippen LogP contribution is -2.13. The van der Waals surface area contributed by atoms with Crippen LogP contribution in [0.2, 0.25) is 0 Å². The Balaban J connectivity index is 2.16. The summed E-state index contributed by atoms with van der Waals surface area (Å²) in [5.74, 6) is 0.304. The fourth-order valence-corrected chi connectivity index (χ4v) is 2.02. The number of esters is 1. The molecule has 0 aliphatic carbocycles. The number of carbonyl (C=O) groups is 1. The molecule has 2 rings (SSSR count). The second kappa shape index (κ2) is 6.14. The normalized spacial score (nSPS) is 10.3. The first-order valence-electron chi connectivity index (χ1n) is 6.37. The molecule has 0 unspecified atom stereocenters. The van der Waals surface area contributed by atoms with E-state index >= 15 is 0 Å². The van der Waals surface area contributed by atoms with E-state index in [9.17, 15) is 4.79 Å². The van der Waals surface area contributed by atoms with Gasteiger partial charge in [0.05, 0.1) is 12.8 Å². The number of aryl methyl sites for hydroxylation is 3. The predicted octanol–water partition coefficient (Wildman–Crippen LogP) is 1.94. The summed E-state index contributed by atoms with van der Waals surface area (Å²) in [6.07, 6.45) is 1.51. The van der Waals surface area contributed by atoms with E-state index in [1.165, 1.54) is 12.7 Å². The zero-order valence-electron chi connectivity index (χ0n) is 11.6. The summed E-state index contributed by atoms with van der Waals surface area (Å²) in [6.45, 7) is 1.73. The first-order chi connectivity index (χ1) is 9.61. The van der Waals surface area contributed by atoms with Crippen LogP contribution in [0.25, 0.3) is 0 Å². The van der Waals surface area contributed by atoms with Gasteiger partial charge < -0.3 is 10.5 Å². The van der Waals surface area contributed by atoms with Crippen LogP contribution in [0.4, 0.5) is 5.82 Å². The lowest BCUT2D eigenvalue weighted by molar-refractivity contribution is 0.0600. The number of carbonyl (C=O) groups excluding carboxylic acids is 1. The lowest BCUT2D eigenvalue weighted by atomic mass is 10.1. The Kier molecular flexibility index (Phi) is 4.30. The van der Waals surface area contributed by atoms with Crippen LogP contribution in [0.5, 0.6) is 0 Å². The molecule has 1 aromatic heterocycles. The van der Waals surface area contributed by atoms with Crippen molar-refractivity contribution in [2.45, 2.75) is 19.8 Å². The molecule has 0 bridgehead atoms. The molecular formula is C15H17N3O2. The number of hydrogen-bond donors (Lipinski definition) is 1. The van der Waals surface area contributed by atoms with Crippen LogP contribution in [0.1, 0.15) is 27.4 Å². The van der Waals surface area contributed by atoms with E-state index in [0.717, 1.165) is 6.42 Å². The number of hydrogen-bond acceptors (Lipinski definition) is 5. The monoisotopic (exact) mass is 271 g/mol. The third-order valence-electron chi connectivity index (χ3n) is 3.03. The topological polar surface area (TPSA) is 78.1 Å². The second-order valence-corrected chi connectivity index (χ2v) is 4.46. The molecule has 2 aromatic rings. The van der Waals surface area contributed by atoms with Gasteiger partial charge in [0.15, 0.2) is 0 Å². The molecule has 20 heavy (non-hydrogen) atoms. The number of nitrogens with two attached hydrogens (primary N) is 1. The molecule has 0 spiro atoms. The maximum Gasteiger partial charge on any atom is 0.343 e. The van der Waals surface area contributed by atoms with Crippen molar-refractivity contribution < 1.29 is 9.53 Å². The van der Waals surface area contributed by atoms with Crippen molar-refractivity contribution in [3.8, 4) is 0 Å². The van der Waals surface area contributed by atoms with E-state index in [1.54, 1.807) is 6.92 Å². The van der Waals surface area contributed by atoms with Gasteiger partial charge in [-0.2, -0.15) is 0 Å². The van der Waals surface area contributed by atoms with Gasteiger partial charge in [0.2, 0.25) is 0 Å². The van der Waals surface area contributed by atoms with Crippen LogP contribution in [-0.4, -0.2) is 23.0 Å². The van der Waals surface area contributed by atoms with Crippen LogP contribution in [-0.2, 0) is 17.6 Å². The van der Waals surface area contributed by atoms with Gasteiger partial charge in [-0.3, -0.25) is 0 Å². The van der Waals surface area contributed by atoms with Gasteiger partial charge in [0.25, 0.3) is 0 Å². The van der Waals surface area contributed by atoms with E-state index < -0.39 is 5.97 Å². The van der Waals surface area contributed by atoms with Crippen LogP contribution in [0, 0.1) is 6.92 Å². The first kappa shape index (κ1) is 14.0. The molecule has 5 heteroatoms. The van der Waals surface area contributed by atoms with Crippen molar-refractivity contribution in [3.63, 3.8) is 0 Å². The summed E-state index contributed by atoms with van der Waals surface area (Å²) >= 11 is 0. The summed E-state index contributed by atoms with van der Waals surface area (Å²) in [7, 11) is 1.31. The van der Waals surface area contributed by atoms with Crippen molar-refractivity contribution in [1.29, 1.82) is 0 Å². The Morgan fingerprint density at radius 3 is 2.50 bits per heavy atom. The number of rotatable bonds is 4. The summed E-state index contributed by atoms with van der Waals surface area (Å²) < 4.78 is 4.67. The van der Waals surface area contributed by atoms with Crippen molar-refractivity contribution in [1.82, 2.24) is 9.97 Å². The van der Waals surface area contributed by atoms with Gasteiger partial charge in [-0.05, 0) is 18.9 Å². The molecule has 0 saturated carbocycles. The number of methoxy groups -OCH3 is 1. The van der Waals surface area contributed by atoms with Crippen LogP contribution in [0.15, 0.2) is 30.3 Å². The highest BCUT2D eigenvalue weighted by Crippen LogP contribution is 2.15. The Morgan fingerprint density at radius 2 is 1.90 bits per heavy atom. The smallest absolute Gasteiger partial charge is 0.343 e. The number of aromatic nitrogens is 2. The van der Waals surface area contributed by atoms with Gasteiger partial charge >= 0.3 is 5.97 Å². The molecule has 0 amide bonds. The number of nitrogen functional groups attached to an aromatic ring is 1. The Hall–Kier alpha value is -2.43. The van der Waals surface area contributed by atoms with E-state index in [0.29, 0.717) is 17.9 Å². The molecule has 1 aromatic carbocycles. The predicted molar refractivity (Wildman–Crippen MR) is 76.4 cm³/mol. The standard InChI is InChI=1S/C15H17N3O2/c1-10-13(15(19)20-2)14(16)18-12(17-10)9-8-11-6-4-3-5-7-11/h3-7H,8-9H2,1-2H3,(H2,16,17,18). The molecule has 0 radical (unpaired) electrons. The summed E-state index contributed by atoms with van der Waals surface area (Å²) in [6, 6.07) is 10.1. The van der Waals surface area contributed by atoms with Gasteiger partial charge in [0, 0.05) is 6.42 Å². The number of nitrogens with zero attached hydrogens (tertiary/aromatic N) is 2. The molecule has 0 aliphatic rings. The van der Waals surface area contributed by atoms with Crippen molar-refractivity contribution in [2.75, 3.05) is 12.8 Å². The molecule has 0 aliphatic heterocycles. The van der Waals surface area contributed by atoms with Gasteiger partial charge in [-0.25, -0.2) is 14.8 Å². The highest BCUT2D eigenvalue weighted by molar-refractivity contribution is 5.95. The molecule has 0 fully saturated rings. The Labute approximate surface area is 117 Å². The SMILES string of the molecule is COC(=O)c1c(C)nc(CCc2ccccc2)nc1N. The molecule has 2 N–H and O–H groups in total. The zero-order valence-corrected chi connectivity index (χ0v) is 11.6. The van der Waals surface area contributed by atoms with E-state index in [2.05, 4.69) is 26.8 Å². The maximum atomic E-state index is 11.6. The minimum atomic E-state index is -0.505. The lowest BCUT2D eigenvalue weighted by Gasteiger charge is -2.08. The average molecular weight is 271 g/mol. The molecule has 104 valence electrons. The van der Waals surface area contributed by atoms with Gasteiger partial charge in [-0.1, -0.05) is 30.3 Å². The molecule has 0 atom stereocenters. The maximum absolute atomic E-state index is 11.6. The van der Waals surface area contributed by atoms with E-state index in [-0.39, 0.29) is 11.4 Å². The van der Waals surface area contributed by atoms with Crippen molar-refractivity contribution >= 4 is 11.8 Å². The van der Waals surface area contributed by atoms with Crippen molar-refractivity contribution in [2.24, 2.45) is 0 Å². The number of anilines is 1. The van der Waals surface area contributed by atoms with E-state index in [1.807, 2.05) is 18.2 Å². The minimum absolute atomic E-state index is 0.174. The Morgan fingerprint density at radius 1 is 1.20 bits per heavy atom. The highest BCUT2D eigenvalue weighted by atomic mass is 16.5. The molecule has 0 saturated heterocycles. The quantitative estimate of drug-likeness (QED) is 0.860. The summed E-state index contributed by atoms with van der Waals surface area (Å²) in [4.78, 5) is 20.1. The first-order valence-corrected chi connectivity index (χ1v) is 6.37. The van der Waals surface area contributed by atoms with Crippen LogP contribution in [0.3, 0.4) is 0 Å². The number of ether oxygens (including phenoxy) is 1. The third-order valence-corrected chi connectivity index (χ3v) is 3.03. The van der Waals surface area contributed by atoms with Crippen LogP contribution >= 0.6 is 0 Å². The molecule has 5 nitrogen and oxygen atoms in total. The summed E-state index contributed by atoms with van der Waals surface area (Å²) in [5.41, 5.74) is 7.82. The van der Waals surface area contributed by atoms with E-state index in [4.69, 9.17) is 5.73 Å². The molecule has 1 heterocycles.